The van der Waals surface area contributed by atoms with Crippen LogP contribution in [0.4, 0.5) is 0 Å². The van der Waals surface area contributed by atoms with E-state index in [1.54, 1.807) is 0 Å². The third-order valence-electron chi connectivity index (χ3n) is 3.23. The van der Waals surface area contributed by atoms with Crippen molar-refractivity contribution in [1.82, 2.24) is 5.32 Å². The van der Waals surface area contributed by atoms with Gasteiger partial charge in [0.15, 0.2) is 0 Å². The van der Waals surface area contributed by atoms with Crippen LogP contribution in [0.3, 0.4) is 0 Å². The fourth-order valence-corrected chi connectivity index (χ4v) is 4.01. The van der Waals surface area contributed by atoms with E-state index < -0.39 is 0 Å². The Kier molecular flexibility index (Phi) is 4.23. The molecule has 3 heteroatoms. The van der Waals surface area contributed by atoms with Crippen molar-refractivity contribution in [3.8, 4) is 0 Å². The van der Waals surface area contributed by atoms with Crippen molar-refractivity contribution in [3.05, 3.63) is 20.8 Å². The molecule has 1 N–H and O–H groups in total. The van der Waals surface area contributed by atoms with Crippen LogP contribution in [0.2, 0.25) is 0 Å². The molecule has 1 saturated carbocycles. The summed E-state index contributed by atoms with van der Waals surface area (Å²) in [5, 5.41) is 5.79. The molecule has 0 bridgehead atoms. The summed E-state index contributed by atoms with van der Waals surface area (Å²) >= 11 is 5.42. The van der Waals surface area contributed by atoms with Crippen molar-refractivity contribution in [2.24, 2.45) is 5.92 Å². The maximum Gasteiger partial charge on any atom is 0.0397 e. The predicted octanol–water partition coefficient (Wildman–Crippen LogP) is 4.35. The first-order valence-corrected chi connectivity index (χ1v) is 7.41. The Morgan fingerprint density at radius 3 is 2.87 bits per heavy atom. The van der Waals surface area contributed by atoms with Crippen LogP contribution in [0.25, 0.3) is 0 Å². The Hall–Kier alpha value is 0.140. The van der Waals surface area contributed by atoms with Gasteiger partial charge in [0.05, 0.1) is 0 Å². The predicted molar refractivity (Wildman–Crippen MR) is 70.4 cm³/mol. The molecule has 1 heterocycles. The van der Waals surface area contributed by atoms with Gasteiger partial charge in [-0.3, -0.25) is 0 Å². The van der Waals surface area contributed by atoms with Crippen LogP contribution in [-0.4, -0.2) is 6.54 Å². The molecule has 1 fully saturated rings. The summed E-state index contributed by atoms with van der Waals surface area (Å²) in [5.41, 5.74) is 0. The van der Waals surface area contributed by atoms with Crippen molar-refractivity contribution in [2.45, 2.75) is 38.6 Å². The lowest BCUT2D eigenvalue weighted by atomic mass is 10.1. The van der Waals surface area contributed by atoms with Gasteiger partial charge < -0.3 is 5.32 Å². The average molecular weight is 288 g/mol. The second-order valence-electron chi connectivity index (χ2n) is 4.41. The first kappa shape index (κ1) is 11.6. The van der Waals surface area contributed by atoms with Crippen molar-refractivity contribution < 1.29 is 0 Å². The van der Waals surface area contributed by atoms with E-state index in [-0.39, 0.29) is 0 Å². The molecule has 1 atom stereocenters. The van der Waals surface area contributed by atoms with Crippen LogP contribution in [0, 0.1) is 5.92 Å². The lowest BCUT2D eigenvalue weighted by molar-refractivity contribution is 0.455. The minimum absolute atomic E-state index is 0.486. The third kappa shape index (κ3) is 3.05. The van der Waals surface area contributed by atoms with E-state index in [9.17, 15) is 0 Å². The Morgan fingerprint density at radius 1 is 1.53 bits per heavy atom. The summed E-state index contributed by atoms with van der Waals surface area (Å²) < 4.78 is 1.25. The molecule has 0 amide bonds. The molecule has 0 spiro atoms. The van der Waals surface area contributed by atoms with Crippen molar-refractivity contribution >= 4 is 27.3 Å². The van der Waals surface area contributed by atoms with Crippen molar-refractivity contribution in [2.75, 3.05) is 6.54 Å². The quantitative estimate of drug-likeness (QED) is 0.868. The number of nitrogens with one attached hydrogen (secondary N) is 1. The number of halogens is 1. The standard InChI is InChI=1S/C12H18BrNS/c1-9(12-11(13)6-7-15-12)14-8-10-4-2-3-5-10/h6-7,9-10,14H,2-5,8H2,1H3. The summed E-state index contributed by atoms with van der Waals surface area (Å²) in [5.74, 6) is 0.922. The Balaban J connectivity index is 1.81. The smallest absolute Gasteiger partial charge is 0.0397 e. The number of rotatable bonds is 4. The zero-order valence-corrected chi connectivity index (χ0v) is 11.5. The minimum Gasteiger partial charge on any atom is -0.309 e. The molecule has 1 nitrogen and oxygen atoms in total. The highest BCUT2D eigenvalue weighted by Gasteiger charge is 2.17. The number of thiophene rings is 1. The van der Waals surface area contributed by atoms with Gasteiger partial charge in [-0.2, -0.15) is 0 Å². The highest BCUT2D eigenvalue weighted by Crippen LogP contribution is 2.30. The second kappa shape index (κ2) is 5.46. The van der Waals surface area contributed by atoms with Gasteiger partial charge in [-0.1, -0.05) is 12.8 Å². The highest BCUT2D eigenvalue weighted by atomic mass is 79.9. The zero-order chi connectivity index (χ0) is 10.7. The molecule has 0 aromatic carbocycles. The molecule has 0 aliphatic heterocycles. The molecule has 1 aromatic heterocycles. The molecule has 0 radical (unpaired) electrons. The van der Waals surface area contributed by atoms with Gasteiger partial charge in [-0.05, 0) is 59.6 Å². The molecule has 1 aliphatic carbocycles. The normalized spacial score (nSPS) is 19.6. The van der Waals surface area contributed by atoms with Crippen LogP contribution in [0.1, 0.15) is 43.5 Å². The summed E-state index contributed by atoms with van der Waals surface area (Å²) in [6.07, 6.45) is 5.71. The van der Waals surface area contributed by atoms with Gasteiger partial charge in [-0.25, -0.2) is 0 Å². The van der Waals surface area contributed by atoms with Gasteiger partial charge in [0.1, 0.15) is 0 Å². The second-order valence-corrected chi connectivity index (χ2v) is 6.22. The lowest BCUT2D eigenvalue weighted by Gasteiger charge is -2.16. The highest BCUT2D eigenvalue weighted by molar-refractivity contribution is 9.10. The number of hydrogen-bond acceptors (Lipinski definition) is 2. The van der Waals surface area contributed by atoms with Crippen LogP contribution >= 0.6 is 27.3 Å². The van der Waals surface area contributed by atoms with Crippen LogP contribution in [-0.2, 0) is 0 Å². The zero-order valence-electron chi connectivity index (χ0n) is 9.13. The van der Waals surface area contributed by atoms with Gasteiger partial charge in [0.2, 0.25) is 0 Å². The fourth-order valence-electron chi connectivity index (χ4n) is 2.27. The van der Waals surface area contributed by atoms with Crippen LogP contribution in [0.5, 0.6) is 0 Å². The molecule has 15 heavy (non-hydrogen) atoms. The van der Waals surface area contributed by atoms with Gasteiger partial charge in [-0.15, -0.1) is 11.3 Å². The summed E-state index contributed by atoms with van der Waals surface area (Å²) in [6.45, 7) is 3.44. The summed E-state index contributed by atoms with van der Waals surface area (Å²) in [6, 6.07) is 2.62. The van der Waals surface area contributed by atoms with Crippen LogP contribution < -0.4 is 5.32 Å². The minimum atomic E-state index is 0.486. The molecule has 0 saturated heterocycles. The van der Waals surface area contributed by atoms with Crippen LogP contribution in [0.15, 0.2) is 15.9 Å². The molecule has 2 rings (SSSR count). The van der Waals surface area contributed by atoms with E-state index >= 15 is 0 Å². The number of hydrogen-bond donors (Lipinski definition) is 1. The molecular formula is C12H18BrNS. The van der Waals surface area contributed by atoms with Gasteiger partial charge in [0, 0.05) is 15.4 Å². The van der Waals surface area contributed by atoms with E-state index in [2.05, 4.69) is 39.6 Å². The van der Waals surface area contributed by atoms with E-state index in [0.29, 0.717) is 6.04 Å². The Morgan fingerprint density at radius 2 is 2.27 bits per heavy atom. The van der Waals surface area contributed by atoms with Crippen molar-refractivity contribution in [3.63, 3.8) is 0 Å². The first-order chi connectivity index (χ1) is 7.27. The maximum absolute atomic E-state index is 3.65. The van der Waals surface area contributed by atoms with Gasteiger partial charge >= 0.3 is 0 Å². The molecular weight excluding hydrogens is 270 g/mol. The topological polar surface area (TPSA) is 12.0 Å². The first-order valence-electron chi connectivity index (χ1n) is 5.73. The van der Waals surface area contributed by atoms with E-state index in [4.69, 9.17) is 0 Å². The Bertz CT molecular complexity index is 304. The Labute approximate surface area is 104 Å². The molecule has 1 aliphatic rings. The summed E-state index contributed by atoms with van der Waals surface area (Å²) in [7, 11) is 0. The van der Waals surface area contributed by atoms with E-state index in [1.165, 1.54) is 41.6 Å². The van der Waals surface area contributed by atoms with E-state index in [1.807, 2.05) is 11.3 Å². The molecule has 1 unspecified atom stereocenters. The molecule has 84 valence electrons. The monoisotopic (exact) mass is 287 g/mol. The molecule has 1 aromatic rings. The van der Waals surface area contributed by atoms with Crippen molar-refractivity contribution in [1.29, 1.82) is 0 Å². The van der Waals surface area contributed by atoms with Gasteiger partial charge in [0.25, 0.3) is 0 Å². The lowest BCUT2D eigenvalue weighted by Crippen LogP contribution is -2.24. The largest absolute Gasteiger partial charge is 0.309 e. The van der Waals surface area contributed by atoms with E-state index in [0.717, 1.165) is 5.92 Å². The fraction of sp³-hybridized carbons (Fsp3) is 0.667. The maximum atomic E-state index is 3.65. The SMILES string of the molecule is CC(NCC1CCCC1)c1sccc1Br. The summed E-state index contributed by atoms with van der Waals surface area (Å²) in [4.78, 5) is 1.42. The third-order valence-corrected chi connectivity index (χ3v) is 5.28. The average Bonchev–Trinajstić information content (AvgIpc) is 2.84.